The van der Waals surface area contributed by atoms with Gasteiger partial charge in [-0.05, 0) is 43.6 Å². The van der Waals surface area contributed by atoms with Gasteiger partial charge in [0.25, 0.3) is 0 Å². The van der Waals surface area contributed by atoms with Gasteiger partial charge in [0.1, 0.15) is 0 Å². The molecule has 0 amide bonds. The van der Waals surface area contributed by atoms with Crippen molar-refractivity contribution in [2.75, 3.05) is 40.3 Å². The predicted molar refractivity (Wildman–Crippen MR) is 103 cm³/mol. The number of piperazine rings is 1. The first-order valence-electron chi connectivity index (χ1n) is 8.84. The van der Waals surface area contributed by atoms with Crippen molar-refractivity contribution in [1.82, 2.24) is 14.7 Å². The van der Waals surface area contributed by atoms with E-state index in [0.29, 0.717) is 6.04 Å². The first-order valence-corrected chi connectivity index (χ1v) is 9.72. The summed E-state index contributed by atoms with van der Waals surface area (Å²) < 4.78 is 0. The molecule has 1 aliphatic rings. The van der Waals surface area contributed by atoms with Crippen LogP contribution in [-0.2, 0) is 13.1 Å². The van der Waals surface area contributed by atoms with E-state index in [1.165, 1.54) is 42.2 Å². The first kappa shape index (κ1) is 17.6. The van der Waals surface area contributed by atoms with Crippen LogP contribution in [0.1, 0.15) is 29.0 Å². The predicted octanol–water partition coefficient (Wildman–Crippen LogP) is 3.69. The lowest BCUT2D eigenvalue weighted by molar-refractivity contribution is 0.123. The van der Waals surface area contributed by atoms with Crippen LogP contribution in [-0.4, -0.2) is 55.0 Å². The third-order valence-electron chi connectivity index (χ3n) is 5.04. The van der Waals surface area contributed by atoms with Crippen molar-refractivity contribution >= 4 is 11.3 Å². The van der Waals surface area contributed by atoms with Gasteiger partial charge in [-0.15, -0.1) is 11.3 Å². The zero-order valence-corrected chi connectivity index (χ0v) is 15.9. The summed E-state index contributed by atoms with van der Waals surface area (Å²) in [6.45, 7) is 9.12. The fourth-order valence-electron chi connectivity index (χ4n) is 3.24. The van der Waals surface area contributed by atoms with Gasteiger partial charge in [0.15, 0.2) is 0 Å². The Bertz CT molecular complexity index is 616. The second-order valence-corrected chi connectivity index (χ2v) is 8.05. The lowest BCUT2D eigenvalue weighted by atomic mass is 10.0. The van der Waals surface area contributed by atoms with Gasteiger partial charge in [0.2, 0.25) is 0 Å². The van der Waals surface area contributed by atoms with Crippen molar-refractivity contribution in [2.24, 2.45) is 0 Å². The maximum atomic E-state index is 2.59. The monoisotopic (exact) mass is 343 g/mol. The number of nitrogens with zero attached hydrogens (tertiary/aromatic N) is 3. The van der Waals surface area contributed by atoms with E-state index >= 15 is 0 Å². The fraction of sp³-hybridized carbons (Fsp3) is 0.500. The molecule has 130 valence electrons. The third kappa shape index (κ3) is 4.67. The zero-order valence-electron chi connectivity index (χ0n) is 15.1. The average Bonchev–Trinajstić information content (AvgIpc) is 3.09. The smallest absolute Gasteiger partial charge is 0.0328 e. The van der Waals surface area contributed by atoms with Crippen molar-refractivity contribution in [1.29, 1.82) is 0 Å². The van der Waals surface area contributed by atoms with Crippen LogP contribution >= 0.6 is 11.3 Å². The number of benzene rings is 1. The Kier molecular flexibility index (Phi) is 6.06. The van der Waals surface area contributed by atoms with Crippen LogP contribution in [0.2, 0.25) is 0 Å². The lowest BCUT2D eigenvalue weighted by Crippen LogP contribution is -2.45. The summed E-state index contributed by atoms with van der Waals surface area (Å²) in [5, 5.41) is 2.17. The van der Waals surface area contributed by atoms with Gasteiger partial charge < -0.3 is 4.90 Å². The average molecular weight is 344 g/mol. The molecular weight excluding hydrogens is 314 g/mol. The van der Waals surface area contributed by atoms with Crippen LogP contribution in [0.3, 0.4) is 0 Å². The molecule has 1 unspecified atom stereocenters. The SMILES string of the molecule is CC(c1cccc(CN2CCN(Cc3cccs3)CC2)c1)N(C)C. The molecule has 1 saturated heterocycles. The van der Waals surface area contributed by atoms with Gasteiger partial charge in [-0.25, -0.2) is 0 Å². The summed E-state index contributed by atoms with van der Waals surface area (Å²) in [7, 11) is 4.29. The Morgan fingerprint density at radius 3 is 2.33 bits per heavy atom. The molecule has 1 aromatic carbocycles. The summed E-state index contributed by atoms with van der Waals surface area (Å²) in [5.41, 5.74) is 2.85. The summed E-state index contributed by atoms with van der Waals surface area (Å²) >= 11 is 1.87. The Morgan fingerprint density at radius 1 is 1.00 bits per heavy atom. The van der Waals surface area contributed by atoms with Gasteiger partial charge in [0, 0.05) is 50.2 Å². The molecule has 0 aliphatic carbocycles. The highest BCUT2D eigenvalue weighted by Crippen LogP contribution is 2.20. The van der Waals surface area contributed by atoms with Crippen molar-refractivity contribution in [3.8, 4) is 0 Å². The normalized spacial score (nSPS) is 18.2. The summed E-state index contributed by atoms with van der Waals surface area (Å²) in [4.78, 5) is 8.91. The number of hydrogen-bond acceptors (Lipinski definition) is 4. The first-order chi connectivity index (χ1) is 11.6. The van der Waals surface area contributed by atoms with E-state index in [1.54, 1.807) is 0 Å². The largest absolute Gasteiger partial charge is 0.303 e. The molecule has 0 N–H and O–H groups in total. The van der Waals surface area contributed by atoms with E-state index in [9.17, 15) is 0 Å². The van der Waals surface area contributed by atoms with Gasteiger partial charge in [-0.1, -0.05) is 30.3 Å². The van der Waals surface area contributed by atoms with E-state index in [-0.39, 0.29) is 0 Å². The van der Waals surface area contributed by atoms with E-state index < -0.39 is 0 Å². The molecule has 0 radical (unpaired) electrons. The number of hydrogen-bond donors (Lipinski definition) is 0. The van der Waals surface area contributed by atoms with Gasteiger partial charge >= 0.3 is 0 Å². The van der Waals surface area contributed by atoms with Crippen LogP contribution in [0.15, 0.2) is 41.8 Å². The standard InChI is InChI=1S/C20H29N3S/c1-17(21(2)3)19-7-4-6-18(14-19)15-22-9-11-23(12-10-22)16-20-8-5-13-24-20/h4-8,13-14,17H,9-12,15-16H2,1-3H3. The van der Waals surface area contributed by atoms with Crippen LogP contribution in [0.4, 0.5) is 0 Å². The highest BCUT2D eigenvalue weighted by atomic mass is 32.1. The molecule has 0 bridgehead atoms. The number of rotatable bonds is 6. The molecule has 0 spiro atoms. The molecule has 3 rings (SSSR count). The van der Waals surface area contributed by atoms with Crippen LogP contribution in [0.25, 0.3) is 0 Å². The molecule has 1 atom stereocenters. The van der Waals surface area contributed by atoms with Crippen molar-refractivity contribution in [2.45, 2.75) is 26.1 Å². The molecule has 24 heavy (non-hydrogen) atoms. The lowest BCUT2D eigenvalue weighted by Gasteiger charge is -2.34. The minimum Gasteiger partial charge on any atom is -0.303 e. The fourth-order valence-corrected chi connectivity index (χ4v) is 3.98. The van der Waals surface area contributed by atoms with Crippen LogP contribution < -0.4 is 0 Å². The molecule has 0 saturated carbocycles. The minimum atomic E-state index is 0.465. The Balaban J connectivity index is 1.52. The molecule has 1 fully saturated rings. The molecular formula is C20H29N3S. The van der Waals surface area contributed by atoms with Crippen molar-refractivity contribution in [3.05, 3.63) is 57.8 Å². The van der Waals surface area contributed by atoms with Gasteiger partial charge in [-0.3, -0.25) is 9.80 Å². The maximum Gasteiger partial charge on any atom is 0.0328 e. The molecule has 2 aromatic rings. The molecule has 1 aromatic heterocycles. The summed E-state index contributed by atoms with van der Waals surface area (Å²) in [6, 6.07) is 14.0. The second kappa shape index (κ2) is 8.26. The van der Waals surface area contributed by atoms with E-state index in [1.807, 2.05) is 11.3 Å². The van der Waals surface area contributed by atoms with Gasteiger partial charge in [0.05, 0.1) is 0 Å². The topological polar surface area (TPSA) is 9.72 Å². The van der Waals surface area contributed by atoms with Crippen molar-refractivity contribution in [3.63, 3.8) is 0 Å². The third-order valence-corrected chi connectivity index (χ3v) is 5.90. The van der Waals surface area contributed by atoms with Gasteiger partial charge in [-0.2, -0.15) is 0 Å². The number of thiophene rings is 1. The Labute approximate surface area is 150 Å². The Hall–Kier alpha value is -1.20. The Morgan fingerprint density at radius 2 is 1.71 bits per heavy atom. The molecule has 4 heteroatoms. The quantitative estimate of drug-likeness (QED) is 0.792. The molecule has 3 nitrogen and oxygen atoms in total. The molecule has 1 aliphatic heterocycles. The maximum absolute atomic E-state index is 2.59. The van der Waals surface area contributed by atoms with Crippen LogP contribution in [0.5, 0.6) is 0 Å². The van der Waals surface area contributed by atoms with Crippen molar-refractivity contribution < 1.29 is 0 Å². The highest BCUT2D eigenvalue weighted by molar-refractivity contribution is 7.09. The van der Waals surface area contributed by atoms with E-state index in [4.69, 9.17) is 0 Å². The summed E-state index contributed by atoms with van der Waals surface area (Å²) in [6.07, 6.45) is 0. The zero-order chi connectivity index (χ0) is 16.9. The summed E-state index contributed by atoms with van der Waals surface area (Å²) in [5.74, 6) is 0. The molecule has 2 heterocycles. The van der Waals surface area contributed by atoms with E-state index in [2.05, 4.69) is 77.5 Å². The minimum absolute atomic E-state index is 0.465. The van der Waals surface area contributed by atoms with E-state index in [0.717, 1.165) is 13.1 Å². The highest BCUT2D eigenvalue weighted by Gasteiger charge is 2.17. The second-order valence-electron chi connectivity index (χ2n) is 7.02. The van der Waals surface area contributed by atoms with Crippen LogP contribution in [0, 0.1) is 0 Å².